The minimum Gasteiger partial charge on any atom is -0.481 e. The van der Waals surface area contributed by atoms with Gasteiger partial charge in [-0.1, -0.05) is 0 Å². The topological polar surface area (TPSA) is 40.5 Å². The summed E-state index contributed by atoms with van der Waals surface area (Å²) in [5.41, 5.74) is 0. The lowest BCUT2D eigenvalue weighted by Gasteiger charge is -2.07. The van der Waals surface area contributed by atoms with Gasteiger partial charge < -0.3 is 10.0 Å². The second-order valence-electron chi connectivity index (χ2n) is 3.10. The van der Waals surface area contributed by atoms with Gasteiger partial charge in [0.05, 0.1) is 6.42 Å². The quantitative estimate of drug-likeness (QED) is 0.635. The molecule has 11 heavy (non-hydrogen) atoms. The largest absolute Gasteiger partial charge is 0.481 e. The maximum Gasteiger partial charge on any atom is 0.303 e. The molecule has 0 aromatic heterocycles. The molecule has 0 saturated carbocycles. The molecule has 64 valence electrons. The highest BCUT2D eigenvalue weighted by atomic mass is 19.1. The molecule has 0 amide bonds. The number of hydrogen-bond donors (Lipinski definition) is 1. The summed E-state index contributed by atoms with van der Waals surface area (Å²) in [5, 5.41) is 8.39. The molecule has 2 unspecified atom stereocenters. The Kier molecular flexibility index (Phi) is 2.44. The Morgan fingerprint density at radius 2 is 2.36 bits per heavy atom. The van der Waals surface area contributed by atoms with Crippen LogP contribution in [0, 0.1) is 5.92 Å². The van der Waals surface area contributed by atoms with Crippen LogP contribution in [0.3, 0.4) is 0 Å². The molecular weight excluding hydrogens is 149 g/mol. The van der Waals surface area contributed by atoms with E-state index in [4.69, 9.17) is 5.11 Å². The normalized spacial score (nSPS) is 32.5. The van der Waals surface area contributed by atoms with E-state index in [1.807, 2.05) is 4.90 Å². The molecular formula is C7H12FNO2. The average molecular weight is 161 g/mol. The van der Waals surface area contributed by atoms with Crippen molar-refractivity contribution in [3.8, 4) is 0 Å². The van der Waals surface area contributed by atoms with Gasteiger partial charge in [0, 0.05) is 19.0 Å². The first-order valence-corrected chi connectivity index (χ1v) is 3.64. The Morgan fingerprint density at radius 1 is 1.73 bits per heavy atom. The van der Waals surface area contributed by atoms with Gasteiger partial charge in [0.15, 0.2) is 0 Å². The van der Waals surface area contributed by atoms with Crippen molar-refractivity contribution >= 4 is 5.97 Å². The Balaban J connectivity index is 2.40. The standard InChI is InChI=1S/C7H12FNO2/c1-9-3-5(2-7(10)11)6(8)4-9/h5-6H,2-4H2,1H3,(H,10,11). The number of rotatable bonds is 2. The van der Waals surface area contributed by atoms with Crippen molar-refractivity contribution in [1.29, 1.82) is 0 Å². The molecule has 1 aliphatic rings. The number of alkyl halides is 1. The summed E-state index contributed by atoms with van der Waals surface area (Å²) in [7, 11) is 1.80. The SMILES string of the molecule is CN1CC(F)C(CC(=O)O)C1. The van der Waals surface area contributed by atoms with Crippen molar-refractivity contribution < 1.29 is 14.3 Å². The Hall–Kier alpha value is -0.640. The summed E-state index contributed by atoms with van der Waals surface area (Å²) in [5.74, 6) is -1.22. The van der Waals surface area contributed by atoms with Crippen LogP contribution < -0.4 is 0 Å². The molecule has 1 rings (SSSR count). The molecule has 1 fully saturated rings. The summed E-state index contributed by atoms with van der Waals surface area (Å²) in [6.45, 7) is 0.936. The highest BCUT2D eigenvalue weighted by Gasteiger charge is 2.31. The number of likely N-dealkylation sites (tertiary alicyclic amines) is 1. The third-order valence-corrected chi connectivity index (χ3v) is 1.98. The lowest BCUT2D eigenvalue weighted by atomic mass is 10.0. The van der Waals surface area contributed by atoms with E-state index in [9.17, 15) is 9.18 Å². The van der Waals surface area contributed by atoms with E-state index < -0.39 is 12.1 Å². The maximum absolute atomic E-state index is 12.9. The Labute approximate surface area is 64.8 Å². The number of carboxylic acid groups (broad SMARTS) is 1. The number of carbonyl (C=O) groups is 1. The molecule has 4 heteroatoms. The van der Waals surface area contributed by atoms with E-state index in [1.54, 1.807) is 7.05 Å². The third-order valence-electron chi connectivity index (χ3n) is 1.98. The molecule has 0 radical (unpaired) electrons. The van der Waals surface area contributed by atoms with Gasteiger partial charge in [-0.05, 0) is 7.05 Å². The van der Waals surface area contributed by atoms with E-state index in [-0.39, 0.29) is 12.3 Å². The van der Waals surface area contributed by atoms with Crippen molar-refractivity contribution in [2.45, 2.75) is 12.6 Å². The van der Waals surface area contributed by atoms with Gasteiger partial charge >= 0.3 is 5.97 Å². The smallest absolute Gasteiger partial charge is 0.303 e. The van der Waals surface area contributed by atoms with Gasteiger partial charge in [-0.25, -0.2) is 4.39 Å². The number of nitrogens with zero attached hydrogens (tertiary/aromatic N) is 1. The van der Waals surface area contributed by atoms with Gasteiger partial charge in [-0.15, -0.1) is 0 Å². The number of halogens is 1. The fraction of sp³-hybridized carbons (Fsp3) is 0.857. The zero-order valence-electron chi connectivity index (χ0n) is 6.46. The van der Waals surface area contributed by atoms with Gasteiger partial charge in [-0.3, -0.25) is 4.79 Å². The number of aliphatic carboxylic acids is 1. The minimum atomic E-state index is -0.962. The van der Waals surface area contributed by atoms with E-state index in [1.165, 1.54) is 0 Å². The van der Waals surface area contributed by atoms with E-state index in [0.717, 1.165) is 0 Å². The number of carboxylic acids is 1. The van der Waals surface area contributed by atoms with Crippen LogP contribution in [0.1, 0.15) is 6.42 Å². The highest BCUT2D eigenvalue weighted by molar-refractivity contribution is 5.67. The highest BCUT2D eigenvalue weighted by Crippen LogP contribution is 2.21. The molecule has 1 N–H and O–H groups in total. The molecule has 0 spiro atoms. The summed E-state index contributed by atoms with van der Waals surface area (Å²) in [4.78, 5) is 12.0. The third kappa shape index (κ3) is 2.15. The van der Waals surface area contributed by atoms with Crippen LogP contribution in [-0.2, 0) is 4.79 Å². The zero-order valence-corrected chi connectivity index (χ0v) is 6.46. The van der Waals surface area contributed by atoms with Crippen LogP contribution in [0.4, 0.5) is 4.39 Å². The predicted octanol–water partition coefficient (Wildman–Crippen LogP) is 0.361. The van der Waals surface area contributed by atoms with Crippen LogP contribution in [-0.4, -0.2) is 42.3 Å². The van der Waals surface area contributed by atoms with Crippen molar-refractivity contribution in [2.75, 3.05) is 20.1 Å². The van der Waals surface area contributed by atoms with E-state index in [0.29, 0.717) is 13.1 Å². The lowest BCUT2D eigenvalue weighted by molar-refractivity contribution is -0.138. The molecule has 1 heterocycles. The first-order valence-electron chi connectivity index (χ1n) is 3.64. The second-order valence-corrected chi connectivity index (χ2v) is 3.10. The predicted molar refractivity (Wildman–Crippen MR) is 38.1 cm³/mol. The minimum absolute atomic E-state index is 0.0501. The molecule has 0 aliphatic carbocycles. The summed E-state index contributed by atoms with van der Waals surface area (Å²) >= 11 is 0. The van der Waals surface area contributed by atoms with Crippen LogP contribution in [0.15, 0.2) is 0 Å². The summed E-state index contributed by atoms with van der Waals surface area (Å²) in [6, 6.07) is 0. The first kappa shape index (κ1) is 8.46. The molecule has 0 aromatic rings. The second kappa shape index (κ2) is 3.17. The Morgan fingerprint density at radius 3 is 2.73 bits per heavy atom. The van der Waals surface area contributed by atoms with Gasteiger partial charge in [0.2, 0.25) is 0 Å². The van der Waals surface area contributed by atoms with E-state index in [2.05, 4.69) is 0 Å². The average Bonchev–Trinajstić information content (AvgIpc) is 2.09. The van der Waals surface area contributed by atoms with Crippen LogP contribution in [0.5, 0.6) is 0 Å². The molecule has 2 atom stereocenters. The van der Waals surface area contributed by atoms with Crippen LogP contribution in [0.25, 0.3) is 0 Å². The molecule has 3 nitrogen and oxygen atoms in total. The van der Waals surface area contributed by atoms with Gasteiger partial charge in [0.1, 0.15) is 6.17 Å². The fourth-order valence-corrected chi connectivity index (χ4v) is 1.45. The lowest BCUT2D eigenvalue weighted by Crippen LogP contribution is -2.17. The summed E-state index contributed by atoms with van der Waals surface area (Å²) in [6.07, 6.45) is -1.01. The summed E-state index contributed by atoms with van der Waals surface area (Å²) < 4.78 is 12.9. The molecule has 0 bridgehead atoms. The van der Waals surface area contributed by atoms with Crippen molar-refractivity contribution in [2.24, 2.45) is 5.92 Å². The maximum atomic E-state index is 12.9. The Bertz CT molecular complexity index is 163. The van der Waals surface area contributed by atoms with E-state index >= 15 is 0 Å². The van der Waals surface area contributed by atoms with Crippen LogP contribution in [0.2, 0.25) is 0 Å². The first-order chi connectivity index (χ1) is 5.09. The van der Waals surface area contributed by atoms with Crippen molar-refractivity contribution in [1.82, 2.24) is 4.90 Å². The monoisotopic (exact) mass is 161 g/mol. The van der Waals surface area contributed by atoms with Crippen LogP contribution >= 0.6 is 0 Å². The zero-order chi connectivity index (χ0) is 8.43. The van der Waals surface area contributed by atoms with Gasteiger partial charge in [-0.2, -0.15) is 0 Å². The van der Waals surface area contributed by atoms with Crippen molar-refractivity contribution in [3.05, 3.63) is 0 Å². The molecule has 1 saturated heterocycles. The molecule has 1 aliphatic heterocycles. The fourth-order valence-electron chi connectivity index (χ4n) is 1.45. The van der Waals surface area contributed by atoms with Crippen molar-refractivity contribution in [3.63, 3.8) is 0 Å². The number of hydrogen-bond acceptors (Lipinski definition) is 2. The molecule has 0 aromatic carbocycles. The van der Waals surface area contributed by atoms with Gasteiger partial charge in [0.25, 0.3) is 0 Å².